The van der Waals surface area contributed by atoms with Crippen LogP contribution in [-0.4, -0.2) is 119 Å². The third kappa shape index (κ3) is 8.72. The fourth-order valence-corrected chi connectivity index (χ4v) is 9.29. The van der Waals surface area contributed by atoms with Crippen molar-refractivity contribution >= 4 is 55.6 Å². The molecular weight excluding hydrogens is 758 g/mol. The number of halogens is 2. The summed E-state index contributed by atoms with van der Waals surface area (Å²) >= 11 is 6.77. The summed E-state index contributed by atoms with van der Waals surface area (Å²) in [5, 5.41) is 22.6. The number of benzene rings is 2. The first-order chi connectivity index (χ1) is 23.7. The van der Waals surface area contributed by atoms with Crippen LogP contribution in [0.5, 0.6) is 5.75 Å². The van der Waals surface area contributed by atoms with Crippen LogP contribution in [-0.2, 0) is 22.4 Å². The number of β-amino-alcohol motifs (C(OH)–C–C–N with tert-alkyl or cyclic N) is 1. The zero-order chi connectivity index (χ0) is 34.5. The number of ether oxygens (including phenoxy) is 1. The summed E-state index contributed by atoms with van der Waals surface area (Å²) in [4.78, 5) is 48.5. The van der Waals surface area contributed by atoms with E-state index in [1.54, 1.807) is 17.0 Å². The summed E-state index contributed by atoms with van der Waals surface area (Å²) in [7, 11) is 0. The highest BCUT2D eigenvalue weighted by molar-refractivity contribution is 9.11. The number of hydrogen-bond donors (Lipinski definition) is 3. The van der Waals surface area contributed by atoms with E-state index in [-0.39, 0.29) is 36.8 Å². The second-order valence-electron chi connectivity index (χ2n) is 13.8. The second-order valence-corrected chi connectivity index (χ2v) is 15.5. The van der Waals surface area contributed by atoms with Gasteiger partial charge in [-0.1, -0.05) is 18.2 Å². The quantitative estimate of drug-likeness (QED) is 0.324. The first kappa shape index (κ1) is 35.9. The molecule has 0 radical (unpaired) electrons. The third-order valence-corrected chi connectivity index (χ3v) is 12.1. The number of anilines is 1. The molecule has 49 heavy (non-hydrogen) atoms. The number of aliphatic hydroxyl groups excluding tert-OH is 1. The number of likely N-dealkylation sites (tertiary alicyclic amines) is 3. The van der Waals surface area contributed by atoms with E-state index in [1.165, 1.54) is 0 Å². The minimum Gasteiger partial charge on any atom is -0.506 e. The number of nitrogens with zero attached hydrogens (tertiary/aromatic N) is 4. The molecule has 6 rings (SSSR count). The summed E-state index contributed by atoms with van der Waals surface area (Å²) in [6.07, 6.45) is 4.76. The molecule has 266 valence electrons. The number of hydrogen-bond acceptors (Lipinski definition) is 7. The molecular formula is C36H47Br2N5O6. The maximum absolute atomic E-state index is 14.1. The number of para-hydroxylation sites is 1. The van der Waals surface area contributed by atoms with Crippen molar-refractivity contribution in [3.63, 3.8) is 0 Å². The Bertz CT molecular complexity index is 1470. The van der Waals surface area contributed by atoms with Crippen molar-refractivity contribution in [2.24, 2.45) is 11.8 Å². The maximum atomic E-state index is 14.1. The Morgan fingerprint density at radius 3 is 2.14 bits per heavy atom. The van der Waals surface area contributed by atoms with E-state index >= 15 is 0 Å². The van der Waals surface area contributed by atoms with E-state index in [9.17, 15) is 24.6 Å². The Morgan fingerprint density at radius 1 is 0.878 bits per heavy atom. The lowest BCUT2D eigenvalue weighted by molar-refractivity contribution is -0.142. The number of urea groups is 1. The lowest BCUT2D eigenvalue weighted by Gasteiger charge is -2.41. The number of carbonyl (C=O) groups excluding carboxylic acids is 3. The number of nitrogens with one attached hydrogen (secondary N) is 1. The standard InChI is InChI=1S/C36H47Br2N5O6/c37-29-21-24(22-30(38)33(29)45)23-32(34(46)41-14-7-26(8-15-41)25-5-12-40(13-6-25)19-20-44)49-36(48)42-16-10-28(11-17-42)43-18-9-27-3-1-2-4-31(27)39-35(43)47/h1-4,21-22,25-26,28,32,44-45H,5-20,23H2,(H,39,47)/t32-/m1/s1. The Labute approximate surface area is 305 Å². The molecule has 2 aromatic rings. The van der Waals surface area contributed by atoms with E-state index in [0.29, 0.717) is 66.3 Å². The van der Waals surface area contributed by atoms with Crippen LogP contribution in [0.1, 0.15) is 49.7 Å². The number of aromatic hydroxyl groups is 1. The SMILES string of the molecule is O=C(O[C@H](Cc1cc(Br)c(O)c(Br)c1)C(=O)N1CCC(C2CCN(CCO)CC2)CC1)N1CCC(N2CCc3ccccc3NC2=O)CC1. The van der Waals surface area contributed by atoms with E-state index in [4.69, 9.17) is 4.74 Å². The molecule has 4 aliphatic heterocycles. The number of carbonyl (C=O) groups is 3. The number of aliphatic hydroxyl groups is 1. The van der Waals surface area contributed by atoms with Gasteiger partial charge >= 0.3 is 12.1 Å². The lowest BCUT2D eigenvalue weighted by atomic mass is 9.78. The van der Waals surface area contributed by atoms with Crippen molar-refractivity contribution in [2.45, 2.75) is 63.5 Å². The molecule has 0 bridgehead atoms. The molecule has 13 heteroatoms. The van der Waals surface area contributed by atoms with Crippen molar-refractivity contribution in [1.82, 2.24) is 19.6 Å². The molecule has 0 unspecified atom stereocenters. The van der Waals surface area contributed by atoms with Crippen LogP contribution in [0.2, 0.25) is 0 Å². The summed E-state index contributed by atoms with van der Waals surface area (Å²) < 4.78 is 7.02. The molecule has 3 fully saturated rings. The van der Waals surface area contributed by atoms with Gasteiger partial charge in [0.05, 0.1) is 15.6 Å². The Hall–Kier alpha value is -2.87. The highest BCUT2D eigenvalue weighted by Gasteiger charge is 2.37. The first-order valence-electron chi connectivity index (χ1n) is 17.6. The number of fused-ring (bicyclic) bond motifs is 1. The van der Waals surface area contributed by atoms with Crippen LogP contribution in [0.4, 0.5) is 15.3 Å². The number of rotatable bonds is 8. The molecule has 11 nitrogen and oxygen atoms in total. The number of piperidine rings is 3. The van der Waals surface area contributed by atoms with Gasteiger partial charge in [0.2, 0.25) is 0 Å². The van der Waals surface area contributed by atoms with Gasteiger partial charge in [-0.2, -0.15) is 0 Å². The molecule has 1 atom stereocenters. The smallest absolute Gasteiger partial charge is 0.410 e. The molecule has 4 amide bonds. The third-order valence-electron chi connectivity index (χ3n) is 10.9. The van der Waals surface area contributed by atoms with E-state index in [0.717, 1.165) is 68.6 Å². The van der Waals surface area contributed by atoms with Gasteiger partial charge in [0.15, 0.2) is 6.10 Å². The Morgan fingerprint density at radius 2 is 1.49 bits per heavy atom. The van der Waals surface area contributed by atoms with Gasteiger partial charge in [0.25, 0.3) is 5.91 Å². The highest BCUT2D eigenvalue weighted by atomic mass is 79.9. The minimum absolute atomic E-state index is 0.00528. The molecule has 0 saturated carbocycles. The van der Waals surface area contributed by atoms with Gasteiger partial charge in [-0.25, -0.2) is 9.59 Å². The summed E-state index contributed by atoms with van der Waals surface area (Å²) in [5.41, 5.74) is 2.72. The minimum atomic E-state index is -1.01. The summed E-state index contributed by atoms with van der Waals surface area (Å²) in [5.74, 6) is 1.07. The van der Waals surface area contributed by atoms with E-state index < -0.39 is 12.2 Å². The first-order valence-corrected chi connectivity index (χ1v) is 19.2. The average Bonchev–Trinajstić information content (AvgIpc) is 3.28. The van der Waals surface area contributed by atoms with Crippen LogP contribution >= 0.6 is 31.9 Å². The molecule has 3 N–H and O–H groups in total. The zero-order valence-electron chi connectivity index (χ0n) is 27.9. The van der Waals surface area contributed by atoms with Crippen LogP contribution in [0.15, 0.2) is 45.3 Å². The molecule has 3 saturated heterocycles. The molecule has 0 spiro atoms. The predicted octanol–water partition coefficient (Wildman–Crippen LogP) is 5.46. The molecule has 2 aromatic carbocycles. The molecule has 0 aliphatic carbocycles. The fourth-order valence-electron chi connectivity index (χ4n) is 8.01. The van der Waals surface area contributed by atoms with E-state index in [2.05, 4.69) is 42.1 Å². The number of phenols is 1. The van der Waals surface area contributed by atoms with Crippen molar-refractivity contribution in [3.8, 4) is 5.75 Å². The van der Waals surface area contributed by atoms with Crippen LogP contribution in [0.3, 0.4) is 0 Å². The lowest BCUT2D eigenvalue weighted by Crippen LogP contribution is -2.52. The summed E-state index contributed by atoms with van der Waals surface area (Å²) in [6, 6.07) is 11.3. The fraction of sp³-hybridized carbons (Fsp3) is 0.583. The molecule has 4 heterocycles. The van der Waals surface area contributed by atoms with Gasteiger partial charge < -0.3 is 39.9 Å². The second kappa shape index (κ2) is 16.4. The van der Waals surface area contributed by atoms with Gasteiger partial charge in [-0.05, 0) is 131 Å². The number of amides is 4. The monoisotopic (exact) mass is 803 g/mol. The summed E-state index contributed by atoms with van der Waals surface area (Å²) in [6.45, 7) is 5.69. The number of phenolic OH excluding ortho intramolecular Hbond substituents is 1. The maximum Gasteiger partial charge on any atom is 0.410 e. The largest absolute Gasteiger partial charge is 0.506 e. The van der Waals surface area contributed by atoms with Gasteiger partial charge in [-0.15, -0.1) is 0 Å². The normalized spacial score (nSPS) is 20.8. The Kier molecular flexibility index (Phi) is 12.1. The van der Waals surface area contributed by atoms with Crippen LogP contribution < -0.4 is 5.32 Å². The van der Waals surface area contributed by atoms with Crippen LogP contribution in [0, 0.1) is 11.8 Å². The van der Waals surface area contributed by atoms with Crippen molar-refractivity contribution in [1.29, 1.82) is 0 Å². The van der Waals surface area contributed by atoms with Crippen molar-refractivity contribution in [2.75, 3.05) is 64.3 Å². The van der Waals surface area contributed by atoms with Crippen molar-refractivity contribution in [3.05, 3.63) is 56.5 Å². The van der Waals surface area contributed by atoms with E-state index in [1.807, 2.05) is 34.1 Å². The zero-order valence-corrected chi connectivity index (χ0v) is 31.0. The molecule has 4 aliphatic rings. The molecule has 0 aromatic heterocycles. The highest BCUT2D eigenvalue weighted by Crippen LogP contribution is 2.35. The van der Waals surface area contributed by atoms with Gasteiger partial charge in [0, 0.05) is 57.4 Å². The average molecular weight is 806 g/mol. The predicted molar refractivity (Wildman–Crippen MR) is 193 cm³/mol. The van der Waals surface area contributed by atoms with Crippen molar-refractivity contribution < 1.29 is 29.3 Å². The van der Waals surface area contributed by atoms with Gasteiger partial charge in [0.1, 0.15) is 5.75 Å². The topological polar surface area (TPSA) is 126 Å². The Balaban J connectivity index is 1.07. The van der Waals surface area contributed by atoms with Crippen LogP contribution in [0.25, 0.3) is 0 Å². The van der Waals surface area contributed by atoms with Gasteiger partial charge in [-0.3, -0.25) is 4.79 Å².